The Morgan fingerprint density at radius 2 is 2.18 bits per heavy atom. The van der Waals surface area contributed by atoms with Crippen LogP contribution in [0.5, 0.6) is 0 Å². The van der Waals surface area contributed by atoms with Crippen molar-refractivity contribution in [1.82, 2.24) is 5.32 Å². The molecule has 2 fully saturated rings. The number of hydrogen-bond donors (Lipinski definition) is 1. The summed E-state index contributed by atoms with van der Waals surface area (Å²) in [6.45, 7) is 5.50. The Kier molecular flexibility index (Phi) is 3.35. The van der Waals surface area contributed by atoms with Crippen LogP contribution in [0.15, 0.2) is 10.5 Å². The average molecular weight is 314 g/mol. The monoisotopic (exact) mass is 313 g/mol. The molecular weight excluding hydrogens is 294 g/mol. The highest BCUT2D eigenvalue weighted by atomic mass is 79.9. The van der Waals surface area contributed by atoms with E-state index in [2.05, 4.69) is 41.2 Å². The molecule has 0 aromatic carbocycles. The summed E-state index contributed by atoms with van der Waals surface area (Å²) >= 11 is 5.69. The van der Waals surface area contributed by atoms with Crippen molar-refractivity contribution in [2.45, 2.75) is 39.2 Å². The van der Waals surface area contributed by atoms with Gasteiger partial charge in [-0.15, -0.1) is 11.3 Å². The van der Waals surface area contributed by atoms with Gasteiger partial charge < -0.3 is 5.32 Å². The number of thiophene rings is 1. The summed E-state index contributed by atoms with van der Waals surface area (Å²) in [7, 11) is 0. The lowest BCUT2D eigenvalue weighted by Crippen LogP contribution is -2.23. The molecule has 2 aliphatic rings. The summed E-state index contributed by atoms with van der Waals surface area (Å²) in [6, 6.07) is 2.87. The Labute approximate surface area is 116 Å². The van der Waals surface area contributed by atoms with Crippen molar-refractivity contribution in [3.8, 4) is 0 Å². The molecule has 1 heterocycles. The van der Waals surface area contributed by atoms with Gasteiger partial charge in [-0.2, -0.15) is 0 Å². The third-order valence-corrected chi connectivity index (χ3v) is 6.45. The fraction of sp³-hybridized carbons (Fsp3) is 0.714. The van der Waals surface area contributed by atoms with Crippen LogP contribution in [0.2, 0.25) is 0 Å². The first-order valence-electron chi connectivity index (χ1n) is 6.71. The van der Waals surface area contributed by atoms with E-state index in [1.165, 1.54) is 33.5 Å². The molecule has 3 heteroatoms. The Bertz CT molecular complexity index is 404. The molecule has 0 spiro atoms. The van der Waals surface area contributed by atoms with Crippen LogP contribution in [-0.4, -0.2) is 6.54 Å². The van der Waals surface area contributed by atoms with E-state index in [9.17, 15) is 0 Å². The summed E-state index contributed by atoms with van der Waals surface area (Å²) < 4.78 is 1.32. The lowest BCUT2D eigenvalue weighted by Gasteiger charge is -2.19. The van der Waals surface area contributed by atoms with E-state index < -0.39 is 0 Å². The zero-order chi connectivity index (χ0) is 12.0. The smallest absolute Gasteiger partial charge is 0.0460 e. The summed E-state index contributed by atoms with van der Waals surface area (Å²) in [5, 5.41) is 3.72. The van der Waals surface area contributed by atoms with Gasteiger partial charge in [-0.05, 0) is 66.1 Å². The van der Waals surface area contributed by atoms with Gasteiger partial charge >= 0.3 is 0 Å². The highest BCUT2D eigenvalue weighted by Crippen LogP contribution is 2.63. The number of nitrogens with one attached hydrogen (secondary N) is 1. The minimum Gasteiger partial charge on any atom is -0.309 e. The van der Waals surface area contributed by atoms with E-state index in [0.29, 0.717) is 6.04 Å². The van der Waals surface area contributed by atoms with E-state index in [4.69, 9.17) is 0 Å². The highest BCUT2D eigenvalue weighted by molar-refractivity contribution is 9.10. The van der Waals surface area contributed by atoms with Gasteiger partial charge in [0.05, 0.1) is 0 Å². The Balaban J connectivity index is 1.83. The second-order valence-electron chi connectivity index (χ2n) is 5.44. The second kappa shape index (κ2) is 4.67. The summed E-state index contributed by atoms with van der Waals surface area (Å²) in [5.41, 5.74) is 0. The minimum absolute atomic E-state index is 0.600. The van der Waals surface area contributed by atoms with Crippen LogP contribution in [0, 0.1) is 24.7 Å². The minimum atomic E-state index is 0.600. The normalized spacial score (nSPS) is 32.5. The lowest BCUT2D eigenvalue weighted by atomic mass is 10.0. The number of aryl methyl sites for hydroxylation is 1. The Hall–Kier alpha value is 0.140. The zero-order valence-corrected chi connectivity index (χ0v) is 12.9. The molecule has 3 unspecified atom stereocenters. The SMILES string of the molecule is CCNC(c1sc(C)cc1Br)C1C2CCCC21. The molecular formula is C14H20BrNS. The summed E-state index contributed by atoms with van der Waals surface area (Å²) in [6.07, 6.45) is 4.41. The van der Waals surface area contributed by atoms with Crippen molar-refractivity contribution in [2.24, 2.45) is 17.8 Å². The van der Waals surface area contributed by atoms with Gasteiger partial charge in [0.15, 0.2) is 0 Å². The molecule has 0 radical (unpaired) electrons. The highest BCUT2D eigenvalue weighted by Gasteiger charge is 2.56. The van der Waals surface area contributed by atoms with Gasteiger partial charge in [0.25, 0.3) is 0 Å². The van der Waals surface area contributed by atoms with Gasteiger partial charge in [0, 0.05) is 20.3 Å². The van der Waals surface area contributed by atoms with E-state index >= 15 is 0 Å². The topological polar surface area (TPSA) is 12.0 Å². The second-order valence-corrected chi connectivity index (χ2v) is 7.58. The lowest BCUT2D eigenvalue weighted by molar-refractivity contribution is 0.430. The third-order valence-electron chi connectivity index (χ3n) is 4.40. The molecule has 0 saturated heterocycles. The zero-order valence-electron chi connectivity index (χ0n) is 10.5. The van der Waals surface area contributed by atoms with E-state index in [1.54, 1.807) is 0 Å². The van der Waals surface area contributed by atoms with Crippen molar-refractivity contribution in [3.63, 3.8) is 0 Å². The maximum Gasteiger partial charge on any atom is 0.0460 e. The quantitative estimate of drug-likeness (QED) is 0.862. The molecule has 1 nitrogen and oxygen atoms in total. The van der Waals surface area contributed by atoms with Gasteiger partial charge in [-0.1, -0.05) is 13.3 Å². The maximum atomic E-state index is 3.73. The fourth-order valence-electron chi connectivity index (χ4n) is 3.71. The van der Waals surface area contributed by atoms with Crippen LogP contribution < -0.4 is 5.32 Å². The molecule has 0 bridgehead atoms. The molecule has 1 aromatic rings. The molecule has 17 heavy (non-hydrogen) atoms. The average Bonchev–Trinajstić information content (AvgIpc) is 2.64. The fourth-order valence-corrected chi connectivity index (χ4v) is 5.74. The van der Waals surface area contributed by atoms with Gasteiger partial charge in [0.2, 0.25) is 0 Å². The molecule has 0 aliphatic heterocycles. The first-order chi connectivity index (χ1) is 8.22. The third kappa shape index (κ3) is 2.11. The van der Waals surface area contributed by atoms with Crippen LogP contribution in [0.4, 0.5) is 0 Å². The van der Waals surface area contributed by atoms with Crippen molar-refractivity contribution < 1.29 is 0 Å². The largest absolute Gasteiger partial charge is 0.309 e. The first kappa shape index (κ1) is 12.2. The predicted molar refractivity (Wildman–Crippen MR) is 77.5 cm³/mol. The molecule has 0 amide bonds. The van der Waals surface area contributed by atoms with Gasteiger partial charge in [-0.3, -0.25) is 0 Å². The van der Waals surface area contributed by atoms with Crippen molar-refractivity contribution in [1.29, 1.82) is 0 Å². The predicted octanol–water partition coefficient (Wildman–Crippen LogP) is 4.52. The van der Waals surface area contributed by atoms with E-state index in [-0.39, 0.29) is 0 Å². The van der Waals surface area contributed by atoms with Crippen molar-refractivity contribution in [2.75, 3.05) is 6.54 Å². The number of halogens is 1. The van der Waals surface area contributed by atoms with Crippen molar-refractivity contribution >= 4 is 27.3 Å². The van der Waals surface area contributed by atoms with Crippen molar-refractivity contribution in [3.05, 3.63) is 20.3 Å². The molecule has 3 atom stereocenters. The van der Waals surface area contributed by atoms with Gasteiger partial charge in [0.1, 0.15) is 0 Å². The number of hydrogen-bond acceptors (Lipinski definition) is 2. The Morgan fingerprint density at radius 1 is 1.47 bits per heavy atom. The molecule has 1 aromatic heterocycles. The Morgan fingerprint density at radius 3 is 2.71 bits per heavy atom. The number of fused-ring (bicyclic) bond motifs is 1. The molecule has 94 valence electrons. The molecule has 2 aliphatic carbocycles. The van der Waals surface area contributed by atoms with Crippen LogP contribution >= 0.6 is 27.3 Å². The van der Waals surface area contributed by atoms with Crippen LogP contribution in [-0.2, 0) is 0 Å². The summed E-state index contributed by atoms with van der Waals surface area (Å²) in [4.78, 5) is 2.95. The number of rotatable bonds is 4. The van der Waals surface area contributed by atoms with Crippen LogP contribution in [0.25, 0.3) is 0 Å². The molecule has 1 N–H and O–H groups in total. The van der Waals surface area contributed by atoms with Crippen LogP contribution in [0.3, 0.4) is 0 Å². The van der Waals surface area contributed by atoms with E-state index in [1.807, 2.05) is 11.3 Å². The van der Waals surface area contributed by atoms with E-state index in [0.717, 1.165) is 24.3 Å². The van der Waals surface area contributed by atoms with Crippen LogP contribution in [0.1, 0.15) is 42.0 Å². The standard InChI is InChI=1S/C14H20BrNS/c1-3-16-13(12-9-5-4-6-10(9)12)14-11(15)7-8(2)17-14/h7,9-10,12-13,16H,3-6H2,1-2H3. The first-order valence-corrected chi connectivity index (χ1v) is 8.32. The molecule has 2 saturated carbocycles. The maximum absolute atomic E-state index is 3.73. The summed E-state index contributed by atoms with van der Waals surface area (Å²) in [5.74, 6) is 2.96. The molecule has 3 rings (SSSR count). The van der Waals surface area contributed by atoms with Gasteiger partial charge in [-0.25, -0.2) is 0 Å².